The highest BCUT2D eigenvalue weighted by Gasteiger charge is 2.48. The van der Waals surface area contributed by atoms with Crippen LogP contribution in [-0.2, 0) is 16.0 Å². The average Bonchev–Trinajstić information content (AvgIpc) is 3.23. The van der Waals surface area contributed by atoms with Crippen LogP contribution in [0.3, 0.4) is 0 Å². The highest BCUT2D eigenvalue weighted by molar-refractivity contribution is 6.10. The van der Waals surface area contributed by atoms with Gasteiger partial charge in [-0.1, -0.05) is 24.3 Å². The number of imide groups is 1. The second-order valence-electron chi connectivity index (χ2n) is 7.83. The fourth-order valence-corrected chi connectivity index (χ4v) is 3.80. The fourth-order valence-electron chi connectivity index (χ4n) is 3.80. The van der Waals surface area contributed by atoms with E-state index in [4.69, 9.17) is 9.47 Å². The average molecular weight is 409 g/mol. The Hall–Kier alpha value is -3.55. The Labute approximate surface area is 174 Å². The van der Waals surface area contributed by atoms with E-state index in [1.54, 1.807) is 19.1 Å². The molecule has 156 valence electrons. The third kappa shape index (κ3) is 3.56. The van der Waals surface area contributed by atoms with Gasteiger partial charge in [-0.2, -0.15) is 0 Å². The van der Waals surface area contributed by atoms with Crippen molar-refractivity contribution in [2.45, 2.75) is 32.7 Å². The third-order valence-corrected chi connectivity index (χ3v) is 5.39. The van der Waals surface area contributed by atoms with Crippen LogP contribution in [0, 0.1) is 13.8 Å². The molecular weight excluding hydrogens is 386 g/mol. The van der Waals surface area contributed by atoms with Crippen molar-refractivity contribution in [1.82, 2.24) is 10.2 Å². The molecular formula is C22H23N3O5. The molecule has 2 aliphatic heterocycles. The quantitative estimate of drug-likeness (QED) is 0.740. The Morgan fingerprint density at radius 1 is 1.13 bits per heavy atom. The van der Waals surface area contributed by atoms with E-state index in [9.17, 15) is 14.4 Å². The number of hydrogen-bond acceptors (Lipinski definition) is 5. The summed E-state index contributed by atoms with van der Waals surface area (Å²) in [6, 6.07) is 10.5. The Bertz CT molecular complexity index is 1030. The summed E-state index contributed by atoms with van der Waals surface area (Å²) in [6.07, 6.45) is 0.267. The van der Waals surface area contributed by atoms with Gasteiger partial charge in [-0.3, -0.25) is 14.5 Å². The molecule has 4 amide bonds. The van der Waals surface area contributed by atoms with Crippen molar-refractivity contribution in [3.8, 4) is 11.5 Å². The van der Waals surface area contributed by atoms with Crippen LogP contribution in [0.1, 0.15) is 23.6 Å². The number of para-hydroxylation sites is 1. The van der Waals surface area contributed by atoms with Gasteiger partial charge in [0, 0.05) is 12.1 Å². The number of benzene rings is 2. The van der Waals surface area contributed by atoms with Crippen molar-refractivity contribution in [2.24, 2.45) is 0 Å². The molecule has 2 N–H and O–H groups in total. The summed E-state index contributed by atoms with van der Waals surface area (Å²) in [5.41, 5.74) is 2.18. The first-order valence-corrected chi connectivity index (χ1v) is 9.65. The molecule has 2 aliphatic rings. The first-order valence-electron chi connectivity index (χ1n) is 9.65. The molecule has 2 aromatic rings. The number of rotatable bonds is 5. The highest BCUT2D eigenvalue weighted by atomic mass is 16.7. The summed E-state index contributed by atoms with van der Waals surface area (Å²) >= 11 is 0. The van der Waals surface area contributed by atoms with Gasteiger partial charge < -0.3 is 20.1 Å². The maximum Gasteiger partial charge on any atom is 0.325 e. The number of nitrogens with one attached hydrogen (secondary N) is 2. The van der Waals surface area contributed by atoms with Crippen LogP contribution >= 0.6 is 0 Å². The van der Waals surface area contributed by atoms with Crippen LogP contribution in [-0.4, -0.2) is 41.6 Å². The van der Waals surface area contributed by atoms with Crippen LogP contribution in [0.4, 0.5) is 10.5 Å². The smallest absolute Gasteiger partial charge is 0.325 e. The Morgan fingerprint density at radius 2 is 1.83 bits per heavy atom. The fraction of sp³-hybridized carbons (Fsp3) is 0.318. The van der Waals surface area contributed by atoms with E-state index in [1.807, 2.05) is 38.1 Å². The number of fused-ring (bicyclic) bond motifs is 1. The summed E-state index contributed by atoms with van der Waals surface area (Å²) in [7, 11) is 0. The standard InChI is InChI=1S/C22H23N3O5/c1-13-5-4-6-14(2)19(13)23-18(26)11-25-20(27)22(3,24-21(25)28)10-15-7-8-16-17(9-15)30-12-29-16/h4-9H,10-12H2,1-3H3,(H,23,26)(H,24,28)/t22-/m1/s1. The molecule has 30 heavy (non-hydrogen) atoms. The van der Waals surface area contributed by atoms with Gasteiger partial charge >= 0.3 is 6.03 Å². The van der Waals surface area contributed by atoms with Gasteiger partial charge in [-0.15, -0.1) is 0 Å². The van der Waals surface area contributed by atoms with Gasteiger partial charge in [0.2, 0.25) is 12.7 Å². The Kier molecular flexibility index (Phi) is 4.85. The molecule has 2 aromatic carbocycles. The summed E-state index contributed by atoms with van der Waals surface area (Å²) in [4.78, 5) is 39.0. The van der Waals surface area contributed by atoms with Crippen LogP contribution in [0.25, 0.3) is 0 Å². The lowest BCUT2D eigenvalue weighted by molar-refractivity contribution is -0.133. The molecule has 1 fully saturated rings. The third-order valence-electron chi connectivity index (χ3n) is 5.39. The van der Waals surface area contributed by atoms with Crippen molar-refractivity contribution in [2.75, 3.05) is 18.7 Å². The number of hydrogen-bond donors (Lipinski definition) is 2. The van der Waals surface area contributed by atoms with Crippen LogP contribution in [0.5, 0.6) is 11.5 Å². The van der Waals surface area contributed by atoms with Gasteiger partial charge in [-0.25, -0.2) is 4.79 Å². The van der Waals surface area contributed by atoms with Gasteiger partial charge in [0.25, 0.3) is 5.91 Å². The largest absolute Gasteiger partial charge is 0.454 e. The maximum absolute atomic E-state index is 13.0. The normalized spacial score (nSPS) is 19.8. The van der Waals surface area contributed by atoms with E-state index < -0.39 is 23.4 Å². The first-order chi connectivity index (χ1) is 14.3. The number of aryl methyl sites for hydroxylation is 2. The summed E-state index contributed by atoms with van der Waals surface area (Å²) in [5, 5.41) is 5.53. The Balaban J connectivity index is 1.46. The minimum absolute atomic E-state index is 0.162. The molecule has 0 saturated carbocycles. The van der Waals surface area contributed by atoms with Gasteiger partial charge in [-0.05, 0) is 49.6 Å². The predicted octanol–water partition coefficient (Wildman–Crippen LogP) is 2.52. The van der Waals surface area contributed by atoms with E-state index >= 15 is 0 Å². The number of nitrogens with zero attached hydrogens (tertiary/aromatic N) is 1. The zero-order chi connectivity index (χ0) is 21.5. The zero-order valence-electron chi connectivity index (χ0n) is 17.1. The summed E-state index contributed by atoms with van der Waals surface area (Å²) in [6.45, 7) is 5.24. The van der Waals surface area contributed by atoms with E-state index in [1.165, 1.54) is 0 Å². The maximum atomic E-state index is 13.0. The topological polar surface area (TPSA) is 97.0 Å². The van der Waals surface area contributed by atoms with E-state index in [2.05, 4.69) is 10.6 Å². The molecule has 0 aliphatic carbocycles. The Morgan fingerprint density at radius 3 is 2.57 bits per heavy atom. The summed E-state index contributed by atoms with van der Waals surface area (Å²) in [5.74, 6) is 0.387. The molecule has 1 atom stereocenters. The van der Waals surface area contributed by atoms with Crippen LogP contribution in [0.15, 0.2) is 36.4 Å². The lowest BCUT2D eigenvalue weighted by Gasteiger charge is -2.22. The van der Waals surface area contributed by atoms with Crippen molar-refractivity contribution in [3.63, 3.8) is 0 Å². The van der Waals surface area contributed by atoms with Crippen molar-refractivity contribution >= 4 is 23.5 Å². The number of ether oxygens (including phenoxy) is 2. The highest BCUT2D eigenvalue weighted by Crippen LogP contribution is 2.34. The lowest BCUT2D eigenvalue weighted by atomic mass is 9.92. The molecule has 4 rings (SSSR count). The second-order valence-corrected chi connectivity index (χ2v) is 7.83. The number of carbonyl (C=O) groups excluding carboxylic acids is 3. The number of anilines is 1. The minimum atomic E-state index is -1.15. The summed E-state index contributed by atoms with van der Waals surface area (Å²) < 4.78 is 10.7. The lowest BCUT2D eigenvalue weighted by Crippen LogP contribution is -2.46. The second kappa shape index (κ2) is 7.37. The van der Waals surface area contributed by atoms with Gasteiger partial charge in [0.15, 0.2) is 11.5 Å². The van der Waals surface area contributed by atoms with E-state index in [-0.39, 0.29) is 19.8 Å². The molecule has 8 nitrogen and oxygen atoms in total. The van der Waals surface area contributed by atoms with Crippen LogP contribution < -0.4 is 20.1 Å². The molecule has 0 unspecified atom stereocenters. The number of amides is 4. The van der Waals surface area contributed by atoms with Crippen molar-refractivity contribution < 1.29 is 23.9 Å². The van der Waals surface area contributed by atoms with Gasteiger partial charge in [0.05, 0.1) is 0 Å². The molecule has 0 spiro atoms. The molecule has 1 saturated heterocycles. The molecule has 0 aromatic heterocycles. The molecule has 2 heterocycles. The SMILES string of the molecule is Cc1cccc(C)c1NC(=O)CN1C(=O)N[C@](C)(Cc2ccc3c(c2)OCO3)C1=O. The molecule has 0 bridgehead atoms. The predicted molar refractivity (Wildman–Crippen MR) is 109 cm³/mol. The molecule has 0 radical (unpaired) electrons. The minimum Gasteiger partial charge on any atom is -0.454 e. The van der Waals surface area contributed by atoms with E-state index in [0.29, 0.717) is 17.2 Å². The van der Waals surface area contributed by atoms with Gasteiger partial charge in [0.1, 0.15) is 12.1 Å². The van der Waals surface area contributed by atoms with Crippen molar-refractivity contribution in [3.05, 3.63) is 53.1 Å². The number of carbonyl (C=O) groups is 3. The first kappa shape index (κ1) is 19.8. The van der Waals surface area contributed by atoms with Crippen LogP contribution in [0.2, 0.25) is 0 Å². The van der Waals surface area contributed by atoms with E-state index in [0.717, 1.165) is 21.6 Å². The monoisotopic (exact) mass is 409 g/mol. The number of urea groups is 1. The van der Waals surface area contributed by atoms with Crippen molar-refractivity contribution in [1.29, 1.82) is 0 Å². The zero-order valence-corrected chi connectivity index (χ0v) is 17.1. The molecule has 8 heteroatoms.